The van der Waals surface area contributed by atoms with Crippen molar-refractivity contribution >= 4 is 29.3 Å². The van der Waals surface area contributed by atoms with Crippen molar-refractivity contribution in [2.45, 2.75) is 68.2 Å². The van der Waals surface area contributed by atoms with Crippen molar-refractivity contribution in [3.05, 3.63) is 53.7 Å². The van der Waals surface area contributed by atoms with Gasteiger partial charge in [0.15, 0.2) is 5.78 Å². The number of likely N-dealkylation sites (N-methyl/N-ethyl adjacent to an activating group) is 1. The second-order valence-corrected chi connectivity index (χ2v) is 12.7. The Balaban J connectivity index is 1.51. The van der Waals surface area contributed by atoms with E-state index in [-0.39, 0.29) is 47.4 Å². The normalized spacial score (nSPS) is 24.1. The number of nitriles is 1. The lowest BCUT2D eigenvalue weighted by Gasteiger charge is -2.41. The van der Waals surface area contributed by atoms with Gasteiger partial charge in [-0.25, -0.2) is 0 Å². The molecule has 1 aromatic heterocycles. The van der Waals surface area contributed by atoms with Crippen LogP contribution >= 0.6 is 11.8 Å². The van der Waals surface area contributed by atoms with E-state index in [0.717, 1.165) is 36.3 Å². The van der Waals surface area contributed by atoms with E-state index < -0.39 is 0 Å². The Morgan fingerprint density at radius 2 is 2.02 bits per heavy atom. The lowest BCUT2D eigenvalue weighted by atomic mass is 9.92. The molecule has 0 aliphatic carbocycles. The highest BCUT2D eigenvalue weighted by molar-refractivity contribution is 8.00. The molecule has 2 aromatic rings. The largest absolute Gasteiger partial charge is 0.462 e. The third kappa shape index (κ3) is 6.18. The summed E-state index contributed by atoms with van der Waals surface area (Å²) in [6.07, 6.45) is 5.08. The van der Waals surface area contributed by atoms with Crippen LogP contribution in [0.2, 0.25) is 0 Å². The van der Waals surface area contributed by atoms with Gasteiger partial charge in [0.25, 0.3) is 0 Å². The highest BCUT2D eigenvalue weighted by atomic mass is 32.2. The number of thioether (sulfide) groups is 1. The van der Waals surface area contributed by atoms with Gasteiger partial charge >= 0.3 is 6.01 Å². The molecule has 10 heteroatoms. The number of benzene rings is 1. The number of nitrogens with zero attached hydrogens (tertiary/aromatic N) is 6. The van der Waals surface area contributed by atoms with Crippen LogP contribution in [-0.4, -0.2) is 88.6 Å². The Labute approximate surface area is 252 Å². The maximum absolute atomic E-state index is 14.3. The van der Waals surface area contributed by atoms with Crippen molar-refractivity contribution in [3.63, 3.8) is 0 Å². The molecule has 222 valence electrons. The summed E-state index contributed by atoms with van der Waals surface area (Å²) in [5.41, 5.74) is 2.48. The first kappa shape index (κ1) is 30.1. The standard InChI is InChI=1S/C32H40N6O3S/c1-5-25-28(29(40)30-21(3)18-22-10-7-8-12-26(22)42-30)34-32(41-20-24-11-9-15-36(24)4)35-31(25)37-16-17-38(27(39)6-2)23(19-37)13-14-33/h6-8,10,12,21,23-24,30H,2,5,9,11,13,15-20H2,1,3-4H3/t21?,23?,24?,30-/m1/s1. The summed E-state index contributed by atoms with van der Waals surface area (Å²) in [6.45, 7) is 10.7. The molecule has 2 saturated heterocycles. The Morgan fingerprint density at radius 3 is 2.74 bits per heavy atom. The summed E-state index contributed by atoms with van der Waals surface area (Å²) < 4.78 is 6.22. The number of ether oxygens (including phenoxy) is 1. The second-order valence-electron chi connectivity index (χ2n) is 11.5. The summed E-state index contributed by atoms with van der Waals surface area (Å²) in [7, 11) is 2.10. The summed E-state index contributed by atoms with van der Waals surface area (Å²) in [5, 5.41) is 9.25. The number of Topliss-reactive ketones (excluding diaryl/α,β-unsaturated/α-hetero) is 1. The number of anilines is 1. The third-order valence-electron chi connectivity index (χ3n) is 8.74. The van der Waals surface area contributed by atoms with Gasteiger partial charge in [-0.2, -0.15) is 15.2 Å². The molecule has 9 nitrogen and oxygen atoms in total. The van der Waals surface area contributed by atoms with Gasteiger partial charge in [0.2, 0.25) is 5.91 Å². The topological polar surface area (TPSA) is 103 Å². The van der Waals surface area contributed by atoms with Crippen LogP contribution in [0.25, 0.3) is 0 Å². The summed E-state index contributed by atoms with van der Waals surface area (Å²) in [5.74, 6) is 0.621. The molecular formula is C32H40N6O3S. The van der Waals surface area contributed by atoms with Crippen molar-refractivity contribution in [1.82, 2.24) is 19.8 Å². The lowest BCUT2D eigenvalue weighted by molar-refractivity contribution is -0.128. The van der Waals surface area contributed by atoms with Gasteiger partial charge in [-0.05, 0) is 62.9 Å². The molecule has 2 fully saturated rings. The Hall–Kier alpha value is -3.42. The lowest BCUT2D eigenvalue weighted by Crippen LogP contribution is -2.55. The summed E-state index contributed by atoms with van der Waals surface area (Å²) in [6, 6.07) is 10.7. The number of likely N-dealkylation sites (tertiary alicyclic amines) is 1. The molecule has 0 saturated carbocycles. The number of amides is 1. The van der Waals surface area contributed by atoms with Crippen molar-refractivity contribution < 1.29 is 14.3 Å². The molecule has 0 N–H and O–H groups in total. The summed E-state index contributed by atoms with van der Waals surface area (Å²) >= 11 is 1.62. The number of carbonyl (C=O) groups excluding carboxylic acids is 2. The highest BCUT2D eigenvalue weighted by Crippen LogP contribution is 2.41. The average molecular weight is 589 g/mol. The van der Waals surface area contributed by atoms with Gasteiger partial charge in [-0.1, -0.05) is 38.6 Å². The number of piperazine rings is 1. The average Bonchev–Trinajstić information content (AvgIpc) is 3.42. The van der Waals surface area contributed by atoms with Crippen LogP contribution in [0.15, 0.2) is 41.8 Å². The van der Waals surface area contributed by atoms with Crippen molar-refractivity contribution in [2.75, 3.05) is 44.7 Å². The first-order chi connectivity index (χ1) is 20.3. The van der Waals surface area contributed by atoms with E-state index in [1.54, 1.807) is 16.7 Å². The molecule has 0 bridgehead atoms. The number of fused-ring (bicyclic) bond motifs is 1. The number of hydrogen-bond donors (Lipinski definition) is 0. The molecule has 3 aliphatic rings. The van der Waals surface area contributed by atoms with Crippen LogP contribution < -0.4 is 9.64 Å². The fourth-order valence-corrected chi connectivity index (χ4v) is 7.62. The quantitative estimate of drug-likeness (QED) is 0.316. The predicted octanol–water partition coefficient (Wildman–Crippen LogP) is 4.16. The Bertz CT molecular complexity index is 1380. The van der Waals surface area contributed by atoms with E-state index in [9.17, 15) is 14.9 Å². The first-order valence-corrected chi connectivity index (χ1v) is 15.8. The number of rotatable bonds is 9. The van der Waals surface area contributed by atoms with E-state index in [1.165, 1.54) is 11.6 Å². The van der Waals surface area contributed by atoms with Crippen LogP contribution in [0, 0.1) is 17.2 Å². The van der Waals surface area contributed by atoms with Gasteiger partial charge in [-0.15, -0.1) is 11.8 Å². The van der Waals surface area contributed by atoms with E-state index in [0.29, 0.717) is 44.2 Å². The maximum atomic E-state index is 14.3. The highest BCUT2D eigenvalue weighted by Gasteiger charge is 2.37. The molecule has 3 aliphatic heterocycles. The SMILES string of the molecule is C=CC(=O)N1CCN(c2nc(OCC3CCCN3C)nc(C(=O)[C@@H]3Sc4ccccc4CC3C)c2CC)CC1CC#N. The molecule has 3 unspecified atom stereocenters. The van der Waals surface area contributed by atoms with Gasteiger partial charge in [0, 0.05) is 36.1 Å². The van der Waals surface area contributed by atoms with Gasteiger partial charge in [0.05, 0.1) is 23.8 Å². The smallest absolute Gasteiger partial charge is 0.319 e. The van der Waals surface area contributed by atoms with Crippen molar-refractivity contribution in [3.8, 4) is 12.1 Å². The number of aromatic nitrogens is 2. The van der Waals surface area contributed by atoms with Gasteiger partial charge in [-0.3, -0.25) is 9.59 Å². The minimum absolute atomic E-state index is 0.000571. The molecule has 1 aromatic carbocycles. The number of carbonyl (C=O) groups is 2. The van der Waals surface area contributed by atoms with Crippen LogP contribution in [0.3, 0.4) is 0 Å². The maximum Gasteiger partial charge on any atom is 0.319 e. The molecule has 4 atom stereocenters. The molecular weight excluding hydrogens is 548 g/mol. The molecule has 0 spiro atoms. The van der Waals surface area contributed by atoms with Gasteiger partial charge < -0.3 is 19.4 Å². The monoisotopic (exact) mass is 588 g/mol. The van der Waals surface area contributed by atoms with Gasteiger partial charge in [0.1, 0.15) is 18.1 Å². The first-order valence-electron chi connectivity index (χ1n) is 14.9. The zero-order valence-electron chi connectivity index (χ0n) is 24.8. The predicted molar refractivity (Wildman–Crippen MR) is 164 cm³/mol. The summed E-state index contributed by atoms with van der Waals surface area (Å²) in [4.78, 5) is 43.8. The van der Waals surface area contributed by atoms with Crippen LogP contribution in [0.5, 0.6) is 6.01 Å². The second kappa shape index (κ2) is 13.3. The van der Waals surface area contributed by atoms with E-state index in [4.69, 9.17) is 14.7 Å². The minimum atomic E-state index is -0.310. The fourth-order valence-electron chi connectivity index (χ4n) is 6.34. The molecule has 42 heavy (non-hydrogen) atoms. The zero-order chi connectivity index (χ0) is 29.8. The van der Waals surface area contributed by atoms with Crippen LogP contribution in [-0.2, 0) is 17.6 Å². The molecule has 1 amide bonds. The number of ketones is 1. The van der Waals surface area contributed by atoms with E-state index in [1.807, 2.05) is 19.1 Å². The minimum Gasteiger partial charge on any atom is -0.462 e. The number of hydrogen-bond acceptors (Lipinski definition) is 9. The van der Waals surface area contributed by atoms with Crippen molar-refractivity contribution in [1.29, 1.82) is 5.26 Å². The fraction of sp³-hybridized carbons (Fsp3) is 0.531. The zero-order valence-corrected chi connectivity index (χ0v) is 25.6. The molecule has 5 rings (SSSR count). The van der Waals surface area contributed by atoms with E-state index >= 15 is 0 Å². The third-order valence-corrected chi connectivity index (χ3v) is 10.3. The molecule has 4 heterocycles. The Kier molecular flexibility index (Phi) is 9.49. The van der Waals surface area contributed by atoms with E-state index in [2.05, 4.69) is 48.6 Å². The molecule has 0 radical (unpaired) electrons. The van der Waals surface area contributed by atoms with Crippen LogP contribution in [0.1, 0.15) is 54.7 Å². The Morgan fingerprint density at radius 1 is 1.21 bits per heavy atom. The van der Waals surface area contributed by atoms with Crippen LogP contribution in [0.4, 0.5) is 5.82 Å². The van der Waals surface area contributed by atoms with Crippen molar-refractivity contribution in [2.24, 2.45) is 5.92 Å².